The SMILES string of the molecule is CCNC(=O)N1CC2OCC(=O)N(Cc3nccn3C)C2C1. The van der Waals surface area contributed by atoms with Gasteiger partial charge in [0.05, 0.1) is 25.2 Å². The number of amides is 3. The van der Waals surface area contributed by atoms with Crippen molar-refractivity contribution >= 4 is 11.9 Å². The number of hydrogen-bond donors (Lipinski definition) is 1. The predicted molar refractivity (Wildman–Crippen MR) is 77.9 cm³/mol. The number of ether oxygens (including phenoxy) is 1. The first-order valence-electron chi connectivity index (χ1n) is 7.50. The number of imidazole rings is 1. The molecular formula is C14H21N5O3. The van der Waals surface area contributed by atoms with Crippen LogP contribution < -0.4 is 5.32 Å². The Bertz CT molecular complexity index is 573. The van der Waals surface area contributed by atoms with E-state index in [-0.39, 0.29) is 30.7 Å². The van der Waals surface area contributed by atoms with Crippen LogP contribution in [0.1, 0.15) is 12.7 Å². The van der Waals surface area contributed by atoms with E-state index in [1.807, 2.05) is 24.7 Å². The van der Waals surface area contributed by atoms with Crippen molar-refractivity contribution in [1.82, 2.24) is 24.7 Å². The van der Waals surface area contributed by atoms with Crippen molar-refractivity contribution in [3.8, 4) is 0 Å². The minimum Gasteiger partial charge on any atom is -0.364 e. The third kappa shape index (κ3) is 2.66. The van der Waals surface area contributed by atoms with E-state index in [4.69, 9.17) is 4.74 Å². The highest BCUT2D eigenvalue weighted by molar-refractivity contribution is 5.79. The molecule has 120 valence electrons. The third-order valence-corrected chi connectivity index (χ3v) is 4.23. The first-order chi connectivity index (χ1) is 10.6. The van der Waals surface area contributed by atoms with Gasteiger partial charge in [-0.05, 0) is 6.92 Å². The molecule has 3 heterocycles. The van der Waals surface area contributed by atoms with E-state index in [1.54, 1.807) is 16.0 Å². The summed E-state index contributed by atoms with van der Waals surface area (Å²) in [4.78, 5) is 32.0. The lowest BCUT2D eigenvalue weighted by molar-refractivity contribution is -0.154. The fourth-order valence-electron chi connectivity index (χ4n) is 3.00. The smallest absolute Gasteiger partial charge is 0.317 e. The van der Waals surface area contributed by atoms with E-state index in [0.717, 1.165) is 5.82 Å². The first-order valence-corrected chi connectivity index (χ1v) is 7.50. The lowest BCUT2D eigenvalue weighted by Gasteiger charge is -2.36. The Morgan fingerprint density at radius 1 is 1.50 bits per heavy atom. The lowest BCUT2D eigenvalue weighted by Crippen LogP contribution is -2.53. The Labute approximate surface area is 129 Å². The fourth-order valence-corrected chi connectivity index (χ4v) is 3.00. The molecule has 22 heavy (non-hydrogen) atoms. The second kappa shape index (κ2) is 5.96. The molecule has 0 saturated carbocycles. The van der Waals surface area contributed by atoms with Gasteiger partial charge in [0.2, 0.25) is 5.91 Å². The van der Waals surface area contributed by atoms with Gasteiger partial charge in [0.25, 0.3) is 0 Å². The summed E-state index contributed by atoms with van der Waals surface area (Å²) < 4.78 is 7.51. The Morgan fingerprint density at radius 2 is 2.32 bits per heavy atom. The van der Waals surface area contributed by atoms with Gasteiger partial charge in [-0.3, -0.25) is 4.79 Å². The number of urea groups is 1. The van der Waals surface area contributed by atoms with Crippen LogP contribution in [0.4, 0.5) is 4.79 Å². The molecule has 8 nitrogen and oxygen atoms in total. The molecule has 2 aliphatic heterocycles. The normalized spacial score (nSPS) is 24.5. The minimum absolute atomic E-state index is 0.0537. The summed E-state index contributed by atoms with van der Waals surface area (Å²) in [6.45, 7) is 3.98. The maximum absolute atomic E-state index is 12.2. The Kier molecular flexibility index (Phi) is 4.02. The Hall–Kier alpha value is -2.09. The number of carbonyl (C=O) groups is 2. The van der Waals surface area contributed by atoms with Crippen molar-refractivity contribution in [3.63, 3.8) is 0 Å². The Balaban J connectivity index is 1.74. The van der Waals surface area contributed by atoms with E-state index < -0.39 is 0 Å². The maximum Gasteiger partial charge on any atom is 0.317 e. The van der Waals surface area contributed by atoms with E-state index in [1.165, 1.54) is 0 Å². The monoisotopic (exact) mass is 307 g/mol. The number of nitrogens with one attached hydrogen (secondary N) is 1. The Morgan fingerprint density at radius 3 is 3.00 bits per heavy atom. The lowest BCUT2D eigenvalue weighted by atomic mass is 10.1. The molecule has 2 saturated heterocycles. The second-order valence-electron chi connectivity index (χ2n) is 5.63. The summed E-state index contributed by atoms with van der Waals surface area (Å²) in [6.07, 6.45) is 3.45. The molecule has 0 aromatic carbocycles. The molecule has 1 N–H and O–H groups in total. The van der Waals surface area contributed by atoms with Gasteiger partial charge in [0.1, 0.15) is 12.4 Å². The molecule has 3 rings (SSSR count). The number of morpholine rings is 1. The average molecular weight is 307 g/mol. The van der Waals surface area contributed by atoms with Crippen molar-refractivity contribution in [1.29, 1.82) is 0 Å². The van der Waals surface area contributed by atoms with Gasteiger partial charge in [-0.2, -0.15) is 0 Å². The van der Waals surface area contributed by atoms with Crippen LogP contribution >= 0.6 is 0 Å². The van der Waals surface area contributed by atoms with Gasteiger partial charge in [0.15, 0.2) is 0 Å². The largest absolute Gasteiger partial charge is 0.364 e. The zero-order valence-electron chi connectivity index (χ0n) is 12.9. The molecule has 0 bridgehead atoms. The van der Waals surface area contributed by atoms with Crippen LogP contribution in [-0.2, 0) is 23.1 Å². The van der Waals surface area contributed by atoms with Crippen LogP contribution in [0.2, 0.25) is 0 Å². The third-order valence-electron chi connectivity index (χ3n) is 4.23. The van der Waals surface area contributed by atoms with Crippen LogP contribution in [0.15, 0.2) is 12.4 Å². The number of aryl methyl sites for hydroxylation is 1. The number of aromatic nitrogens is 2. The molecule has 3 amide bonds. The molecule has 0 radical (unpaired) electrons. The van der Waals surface area contributed by atoms with Gasteiger partial charge in [-0.1, -0.05) is 0 Å². The van der Waals surface area contributed by atoms with Crippen LogP contribution in [0.25, 0.3) is 0 Å². The molecule has 2 aliphatic rings. The first kappa shape index (κ1) is 14.8. The summed E-state index contributed by atoms with van der Waals surface area (Å²) in [5.41, 5.74) is 0. The molecule has 1 aromatic heterocycles. The summed E-state index contributed by atoms with van der Waals surface area (Å²) in [5, 5.41) is 2.79. The number of fused-ring (bicyclic) bond motifs is 1. The average Bonchev–Trinajstić information content (AvgIpc) is 3.09. The predicted octanol–water partition coefficient (Wildman–Crippen LogP) is -0.439. The highest BCUT2D eigenvalue weighted by atomic mass is 16.5. The standard InChI is InChI=1S/C14H21N5O3/c1-3-15-14(21)18-6-10-11(7-18)22-9-13(20)19(10)8-12-16-4-5-17(12)2/h4-5,10-11H,3,6-9H2,1-2H3,(H,15,21). The van der Waals surface area contributed by atoms with E-state index in [0.29, 0.717) is 26.2 Å². The quantitative estimate of drug-likeness (QED) is 0.821. The topological polar surface area (TPSA) is 79.7 Å². The van der Waals surface area contributed by atoms with Gasteiger partial charge >= 0.3 is 6.03 Å². The van der Waals surface area contributed by atoms with Crippen LogP contribution in [0.3, 0.4) is 0 Å². The number of hydrogen-bond acceptors (Lipinski definition) is 4. The van der Waals surface area contributed by atoms with Gasteiger partial charge in [-0.25, -0.2) is 9.78 Å². The van der Waals surface area contributed by atoms with Crippen molar-refractivity contribution in [2.45, 2.75) is 25.6 Å². The minimum atomic E-state index is -0.124. The van der Waals surface area contributed by atoms with Crippen molar-refractivity contribution < 1.29 is 14.3 Å². The zero-order valence-corrected chi connectivity index (χ0v) is 12.9. The second-order valence-corrected chi connectivity index (χ2v) is 5.63. The van der Waals surface area contributed by atoms with Gasteiger partial charge in [0, 0.05) is 32.5 Å². The molecule has 2 atom stereocenters. The molecule has 0 aliphatic carbocycles. The van der Waals surface area contributed by atoms with E-state index in [2.05, 4.69) is 10.3 Å². The molecule has 2 fully saturated rings. The number of nitrogens with zero attached hydrogens (tertiary/aromatic N) is 4. The molecular weight excluding hydrogens is 286 g/mol. The highest BCUT2D eigenvalue weighted by Crippen LogP contribution is 2.25. The summed E-state index contributed by atoms with van der Waals surface area (Å²) in [6, 6.07) is -0.217. The molecule has 0 spiro atoms. The summed E-state index contributed by atoms with van der Waals surface area (Å²) in [5.74, 6) is 0.771. The molecule has 8 heteroatoms. The fraction of sp³-hybridized carbons (Fsp3) is 0.643. The van der Waals surface area contributed by atoms with Crippen LogP contribution in [0, 0.1) is 0 Å². The molecule has 2 unspecified atom stereocenters. The van der Waals surface area contributed by atoms with Crippen molar-refractivity contribution in [2.75, 3.05) is 26.2 Å². The van der Waals surface area contributed by atoms with Crippen molar-refractivity contribution in [2.24, 2.45) is 7.05 Å². The highest BCUT2D eigenvalue weighted by Gasteiger charge is 2.44. The number of likely N-dealkylation sites (tertiary alicyclic amines) is 1. The van der Waals surface area contributed by atoms with Crippen LogP contribution in [-0.4, -0.2) is 69.7 Å². The maximum atomic E-state index is 12.2. The van der Waals surface area contributed by atoms with Crippen LogP contribution in [0.5, 0.6) is 0 Å². The van der Waals surface area contributed by atoms with Crippen molar-refractivity contribution in [3.05, 3.63) is 18.2 Å². The van der Waals surface area contributed by atoms with Gasteiger partial charge < -0.3 is 24.4 Å². The molecule has 1 aromatic rings. The number of carbonyl (C=O) groups excluding carboxylic acids is 2. The zero-order chi connectivity index (χ0) is 15.7. The van der Waals surface area contributed by atoms with Gasteiger partial charge in [-0.15, -0.1) is 0 Å². The summed E-state index contributed by atoms with van der Waals surface area (Å²) >= 11 is 0. The summed E-state index contributed by atoms with van der Waals surface area (Å²) in [7, 11) is 1.90. The number of rotatable bonds is 3. The van der Waals surface area contributed by atoms with E-state index in [9.17, 15) is 9.59 Å². The van der Waals surface area contributed by atoms with E-state index >= 15 is 0 Å².